The molecule has 0 spiro atoms. The number of hydrogen-bond acceptors (Lipinski definition) is 4. The van der Waals surface area contributed by atoms with Crippen LogP contribution in [0.5, 0.6) is 0 Å². The van der Waals surface area contributed by atoms with E-state index >= 15 is 0 Å². The van der Waals surface area contributed by atoms with Crippen LogP contribution in [-0.4, -0.2) is 34.4 Å². The Hall–Kier alpha value is -0.980. The smallest absolute Gasteiger partial charge is 0.210 e. The summed E-state index contributed by atoms with van der Waals surface area (Å²) in [6, 6.07) is 6.10. The molecule has 0 amide bonds. The fraction of sp³-hybridized carbons (Fsp3) is 0.500. The molecular formula is C12H17FO4S. The van der Waals surface area contributed by atoms with Crippen LogP contribution >= 0.6 is 0 Å². The highest BCUT2D eigenvalue weighted by Gasteiger charge is 2.26. The van der Waals surface area contributed by atoms with Gasteiger partial charge in [0.25, 0.3) is 0 Å². The van der Waals surface area contributed by atoms with Gasteiger partial charge in [-0.15, -0.1) is 0 Å². The lowest BCUT2D eigenvalue weighted by Gasteiger charge is -2.10. The zero-order valence-electron chi connectivity index (χ0n) is 10.4. The van der Waals surface area contributed by atoms with Gasteiger partial charge in [-0.3, -0.25) is 0 Å². The maximum absolute atomic E-state index is 13.7. The summed E-state index contributed by atoms with van der Waals surface area (Å²) in [6.07, 6.45) is -0.209. The van der Waals surface area contributed by atoms with Gasteiger partial charge in [0.1, 0.15) is 6.79 Å². The van der Waals surface area contributed by atoms with Crippen LogP contribution in [0.25, 0.3) is 0 Å². The van der Waals surface area contributed by atoms with Crippen LogP contribution in [0.4, 0.5) is 4.39 Å². The molecule has 1 rings (SSSR count). The van der Waals surface area contributed by atoms with Gasteiger partial charge in [-0.2, -0.15) is 0 Å². The summed E-state index contributed by atoms with van der Waals surface area (Å²) in [5, 5.41) is 0. The Kier molecular flexibility index (Phi) is 5.71. The third-order valence-corrected chi connectivity index (χ3v) is 4.21. The minimum absolute atomic E-state index is 0.0000972. The molecule has 0 saturated carbocycles. The van der Waals surface area contributed by atoms with Gasteiger partial charge < -0.3 is 9.47 Å². The quantitative estimate of drug-likeness (QED) is 0.565. The second-order valence-corrected chi connectivity index (χ2v) is 5.94. The second-order valence-electron chi connectivity index (χ2n) is 3.87. The molecule has 0 aromatic heterocycles. The van der Waals surface area contributed by atoms with E-state index in [4.69, 9.17) is 4.74 Å². The van der Waals surface area contributed by atoms with Crippen molar-refractivity contribution in [3.8, 4) is 0 Å². The fourth-order valence-electron chi connectivity index (χ4n) is 1.35. The number of sulfone groups is 1. The summed E-state index contributed by atoms with van der Waals surface area (Å²) in [6.45, 7) is 1.86. The van der Waals surface area contributed by atoms with E-state index < -0.39 is 15.3 Å². The predicted octanol–water partition coefficient (Wildman–Crippen LogP) is 2.07. The lowest BCUT2D eigenvalue weighted by Crippen LogP contribution is -2.19. The number of rotatable bonds is 7. The molecule has 6 heteroatoms. The monoisotopic (exact) mass is 276 g/mol. The summed E-state index contributed by atoms with van der Waals surface area (Å²) in [7, 11) is -2.49. The third-order valence-electron chi connectivity index (χ3n) is 2.38. The number of aryl methyl sites for hydroxylation is 1. The van der Waals surface area contributed by atoms with Crippen LogP contribution in [-0.2, 0) is 19.3 Å². The molecule has 0 aliphatic heterocycles. The van der Waals surface area contributed by atoms with Crippen molar-refractivity contribution in [1.82, 2.24) is 0 Å². The molecule has 102 valence electrons. The predicted molar refractivity (Wildman–Crippen MR) is 65.7 cm³/mol. The van der Waals surface area contributed by atoms with E-state index in [0.717, 1.165) is 5.56 Å². The van der Waals surface area contributed by atoms with E-state index in [1.165, 1.54) is 19.2 Å². The van der Waals surface area contributed by atoms with Gasteiger partial charge in [-0.05, 0) is 19.1 Å². The van der Waals surface area contributed by atoms with E-state index in [1.807, 2.05) is 6.92 Å². The van der Waals surface area contributed by atoms with Gasteiger partial charge in [0, 0.05) is 13.5 Å². The Morgan fingerprint density at radius 1 is 1.28 bits per heavy atom. The molecule has 1 atom stereocenters. The number of ether oxygens (including phenoxy) is 2. The maximum atomic E-state index is 13.7. The molecule has 0 N–H and O–H groups in total. The first-order valence-corrected chi connectivity index (χ1v) is 7.04. The molecule has 1 aromatic carbocycles. The molecule has 0 aliphatic carbocycles. The molecule has 4 nitrogen and oxygen atoms in total. The average molecular weight is 276 g/mol. The summed E-state index contributed by atoms with van der Waals surface area (Å²) < 4.78 is 46.9. The van der Waals surface area contributed by atoms with Gasteiger partial charge >= 0.3 is 0 Å². The van der Waals surface area contributed by atoms with Crippen LogP contribution in [0, 0.1) is 6.92 Å². The van der Waals surface area contributed by atoms with Gasteiger partial charge in [0.05, 0.1) is 11.5 Å². The van der Waals surface area contributed by atoms with Crippen molar-refractivity contribution < 1.29 is 22.3 Å². The number of hydrogen-bond donors (Lipinski definition) is 0. The van der Waals surface area contributed by atoms with Crippen LogP contribution in [0.3, 0.4) is 0 Å². The molecule has 0 saturated heterocycles. The van der Waals surface area contributed by atoms with E-state index in [2.05, 4.69) is 4.74 Å². The highest BCUT2D eigenvalue weighted by molar-refractivity contribution is 7.91. The van der Waals surface area contributed by atoms with Crippen molar-refractivity contribution in [2.75, 3.05) is 20.5 Å². The average Bonchev–Trinajstić information content (AvgIpc) is 2.35. The molecule has 1 unspecified atom stereocenters. The first kappa shape index (κ1) is 15.1. The summed E-state index contributed by atoms with van der Waals surface area (Å²) >= 11 is 0. The molecule has 0 heterocycles. The molecule has 0 aliphatic rings. The lowest BCUT2D eigenvalue weighted by atomic mass is 10.2. The van der Waals surface area contributed by atoms with Crippen molar-refractivity contribution in [3.63, 3.8) is 0 Å². The Bertz CT molecular complexity index is 455. The van der Waals surface area contributed by atoms with Gasteiger partial charge in [0.15, 0.2) is 0 Å². The maximum Gasteiger partial charge on any atom is 0.210 e. The van der Waals surface area contributed by atoms with Gasteiger partial charge in [-0.25, -0.2) is 12.8 Å². The first-order chi connectivity index (χ1) is 8.48. The lowest BCUT2D eigenvalue weighted by molar-refractivity contribution is -0.0332. The molecule has 1 aromatic rings. The number of benzene rings is 1. The molecule has 18 heavy (non-hydrogen) atoms. The van der Waals surface area contributed by atoms with Crippen LogP contribution in [0.15, 0.2) is 29.2 Å². The van der Waals surface area contributed by atoms with Crippen molar-refractivity contribution in [2.24, 2.45) is 0 Å². The Balaban J connectivity index is 2.65. The number of alkyl halides is 1. The topological polar surface area (TPSA) is 52.6 Å². The summed E-state index contributed by atoms with van der Waals surface area (Å²) in [4.78, 5) is -0.00709. The molecule has 0 fully saturated rings. The molecular weight excluding hydrogens is 259 g/mol. The van der Waals surface area contributed by atoms with E-state index in [9.17, 15) is 12.8 Å². The Morgan fingerprint density at radius 2 is 1.89 bits per heavy atom. The minimum atomic E-state index is -3.93. The minimum Gasteiger partial charge on any atom is -0.359 e. The van der Waals surface area contributed by atoms with Crippen LogP contribution < -0.4 is 0 Å². The summed E-state index contributed by atoms with van der Waals surface area (Å²) in [5.41, 5.74) is -1.04. The molecule has 0 bridgehead atoms. The van der Waals surface area contributed by atoms with E-state index in [-0.39, 0.29) is 24.7 Å². The van der Waals surface area contributed by atoms with E-state index in [1.54, 1.807) is 12.1 Å². The van der Waals surface area contributed by atoms with Crippen molar-refractivity contribution >= 4 is 9.84 Å². The van der Waals surface area contributed by atoms with Crippen LogP contribution in [0.2, 0.25) is 0 Å². The standard InChI is InChI=1S/C12H17FO4S/c1-10-3-5-11(6-4-10)18(14,15)12(13)7-8-17-9-16-2/h3-6,12H,7-9H2,1-2H3. The van der Waals surface area contributed by atoms with Gasteiger partial charge in [0.2, 0.25) is 15.3 Å². The van der Waals surface area contributed by atoms with Crippen LogP contribution in [0.1, 0.15) is 12.0 Å². The SMILES string of the molecule is COCOCCC(F)S(=O)(=O)c1ccc(C)cc1. The van der Waals surface area contributed by atoms with Crippen molar-refractivity contribution in [1.29, 1.82) is 0 Å². The molecule has 0 radical (unpaired) electrons. The number of methoxy groups -OCH3 is 1. The third kappa shape index (κ3) is 4.04. The normalized spacial score (nSPS) is 13.5. The first-order valence-electron chi connectivity index (χ1n) is 5.50. The number of halogens is 1. The van der Waals surface area contributed by atoms with Crippen molar-refractivity contribution in [3.05, 3.63) is 29.8 Å². The zero-order chi connectivity index (χ0) is 13.6. The van der Waals surface area contributed by atoms with Gasteiger partial charge in [-0.1, -0.05) is 17.7 Å². The van der Waals surface area contributed by atoms with E-state index in [0.29, 0.717) is 0 Å². The summed E-state index contributed by atoms with van der Waals surface area (Å²) in [5.74, 6) is 0. The second kappa shape index (κ2) is 6.82. The highest BCUT2D eigenvalue weighted by Crippen LogP contribution is 2.19. The Morgan fingerprint density at radius 3 is 2.44 bits per heavy atom. The largest absolute Gasteiger partial charge is 0.359 e. The highest BCUT2D eigenvalue weighted by atomic mass is 32.2. The Labute approximate surface area is 107 Å². The zero-order valence-corrected chi connectivity index (χ0v) is 11.2. The fourth-order valence-corrected chi connectivity index (χ4v) is 2.57. The van der Waals surface area contributed by atoms with Crippen molar-refractivity contribution in [2.45, 2.75) is 23.7 Å².